The summed E-state index contributed by atoms with van der Waals surface area (Å²) in [5.41, 5.74) is 45.6. The molecule has 0 amide bonds. The number of halogens is 6. The van der Waals surface area contributed by atoms with Crippen LogP contribution >= 0.6 is 58.1 Å². The van der Waals surface area contributed by atoms with Gasteiger partial charge in [-0.05, 0) is 236 Å². The number of rotatable bonds is 15. The molecule has 4 heterocycles. The summed E-state index contributed by atoms with van der Waals surface area (Å²) in [6.07, 6.45) is 1.87. The van der Waals surface area contributed by atoms with Gasteiger partial charge in [-0.25, -0.2) is 0 Å². The van der Waals surface area contributed by atoms with E-state index in [1.165, 1.54) is 162 Å². The summed E-state index contributed by atoms with van der Waals surface area (Å²) in [6, 6.07) is 66.4. The number of nitrogens with zero attached hydrogens (tertiary/aromatic N) is 7. The first-order chi connectivity index (χ1) is 63.1. The Morgan fingerprint density at radius 2 is 0.617 bits per heavy atom. The molecule has 3 aliphatic rings. The Balaban J connectivity index is 0.000000165. The van der Waals surface area contributed by atoms with Crippen molar-refractivity contribution >= 4 is 128 Å². The van der Waals surface area contributed by atoms with Gasteiger partial charge in [0, 0.05) is 73.4 Å². The molecule has 12 aromatic carbocycles. The summed E-state index contributed by atoms with van der Waals surface area (Å²) < 4.78 is 22.4. The van der Waals surface area contributed by atoms with E-state index >= 15 is 0 Å². The monoisotopic (exact) mass is 2160 g/mol. The van der Waals surface area contributed by atoms with Gasteiger partial charge in [-0.15, -0.1) is 0 Å². The number of methoxy groups -OCH3 is 3. The van der Waals surface area contributed by atoms with Gasteiger partial charge in [0.1, 0.15) is 0 Å². The van der Waals surface area contributed by atoms with Gasteiger partial charge in [-0.1, -0.05) is 124 Å². The number of aromatic nitrogens is 1. The molecule has 10 nitrogen and oxygen atoms in total. The van der Waals surface area contributed by atoms with Crippen LogP contribution in [0.3, 0.4) is 0 Å². The van der Waals surface area contributed by atoms with E-state index in [9.17, 15) is 0 Å². The Morgan fingerprint density at radius 1 is 0.308 bits per heavy atom. The van der Waals surface area contributed by atoms with Crippen LogP contribution in [-0.2, 0) is 47.0 Å². The van der Waals surface area contributed by atoms with Crippen molar-refractivity contribution in [2.24, 2.45) is 0 Å². The van der Waals surface area contributed by atoms with Crippen LogP contribution in [0, 0.1) is 186 Å². The molecule has 3 saturated heterocycles. The van der Waals surface area contributed by atoms with Crippen LogP contribution in [0.5, 0.6) is 17.2 Å². The molecule has 0 aliphatic carbocycles. The zero-order valence-corrected chi connectivity index (χ0v) is 92.5. The van der Waals surface area contributed by atoms with Crippen molar-refractivity contribution in [2.75, 3.05) is 90.0 Å². The third-order valence-corrected chi connectivity index (χ3v) is 30.1. The maximum atomic E-state index is 6.20. The van der Waals surface area contributed by atoms with E-state index in [4.69, 9.17) is 72.4 Å². The van der Waals surface area contributed by atoms with Gasteiger partial charge in [-0.3, -0.25) is 0 Å². The van der Waals surface area contributed by atoms with Crippen molar-refractivity contribution in [1.82, 2.24) is 4.98 Å². The summed E-state index contributed by atoms with van der Waals surface area (Å²) >= 11 is -5.34. The maximum absolute atomic E-state index is 6.20. The van der Waals surface area contributed by atoms with E-state index in [1.54, 1.807) is 21.3 Å². The number of hydrogen-bond acceptors (Lipinski definition) is 10. The molecule has 16 rings (SSSR count). The van der Waals surface area contributed by atoms with Crippen molar-refractivity contribution in [2.45, 2.75) is 179 Å². The molecule has 13 aromatic rings. The standard InChI is InChI=1S/C23H18O2.3C21H27N2.C10H13N.C10H14.C8H8O.6ClH.3Ru/c1-15-17-9-6-7-11-19(17)20(14-22(15)25-3)23-18-10-5-4-8-16(18)12-13-21(23)24-2;3*1-14-9-16(3)20(17(4)10-14)22-7-8-23(13-22)21-18(5)11-15(2)12-19(21)6;1-4-5-10-7-8(2)6-9(3)11-10;1-7-5-8(2)10(4)9(3)6-7;1-7-5-3-4-6-8(7)9-2;;;;;;;;;/h1,4-14H,2-3H3;3*9-13H,7-8H2,1-6H3;1,6-7H,4-5H2,2-3H3;5-6H,1-4H3;1,3-6H,2H3;6*1H;;;/q;3*-1;;;;;;;;;;3*+2/p-6. The van der Waals surface area contributed by atoms with E-state index in [0.29, 0.717) is 0 Å². The van der Waals surface area contributed by atoms with Crippen LogP contribution in [0.4, 0.5) is 34.1 Å². The number of aryl methyl sites for hydroxylation is 24. The first-order valence-electron chi connectivity index (χ1n) is 45.0. The van der Waals surface area contributed by atoms with E-state index < -0.39 is 40.6 Å². The van der Waals surface area contributed by atoms with Crippen molar-refractivity contribution in [3.05, 3.63) is 359 Å². The van der Waals surface area contributed by atoms with Gasteiger partial charge in [0.2, 0.25) is 0 Å². The van der Waals surface area contributed by atoms with Gasteiger partial charge in [-0.2, -0.15) is 20.0 Å². The zero-order valence-electron chi connectivity index (χ0n) is 82.7. The van der Waals surface area contributed by atoms with Crippen molar-refractivity contribution in [3.63, 3.8) is 0 Å². The van der Waals surface area contributed by atoms with Crippen LogP contribution in [0.15, 0.2) is 188 Å². The average molecular weight is 2170 g/mol. The van der Waals surface area contributed by atoms with E-state index in [1.807, 2.05) is 75.3 Å². The second-order valence-corrected chi connectivity index (χ2v) is 52.9. The average Bonchev–Trinajstić information content (AvgIpc) is 1.34. The molecule has 3 fully saturated rings. The van der Waals surface area contributed by atoms with Gasteiger partial charge in [0.15, 0.2) is 0 Å². The molecule has 19 heteroatoms. The van der Waals surface area contributed by atoms with Crippen molar-refractivity contribution in [3.8, 4) is 28.4 Å². The molecule has 0 unspecified atom stereocenters. The van der Waals surface area contributed by atoms with Crippen LogP contribution in [0.2, 0.25) is 0 Å². The minimum atomic E-state index is -2.02. The predicted molar refractivity (Wildman–Crippen MR) is 573 cm³/mol. The molecular weight excluding hydrogens is 2030 g/mol. The summed E-state index contributed by atoms with van der Waals surface area (Å²) in [6.45, 7) is 65.4. The van der Waals surface area contributed by atoms with Crippen LogP contribution in [-0.4, -0.2) is 79.4 Å². The Bertz CT molecular complexity index is 5740. The van der Waals surface area contributed by atoms with Gasteiger partial charge < -0.3 is 29.4 Å². The summed E-state index contributed by atoms with van der Waals surface area (Å²) in [5.74, 6) is 2.39. The van der Waals surface area contributed by atoms with Crippen molar-refractivity contribution in [1.29, 1.82) is 0 Å². The van der Waals surface area contributed by atoms with Gasteiger partial charge >= 0.3 is 361 Å². The van der Waals surface area contributed by atoms with Gasteiger partial charge in [0.25, 0.3) is 0 Å². The molecule has 0 bridgehead atoms. The van der Waals surface area contributed by atoms with Crippen LogP contribution in [0.1, 0.15) is 157 Å². The third kappa shape index (κ3) is 28.7. The summed E-state index contributed by atoms with van der Waals surface area (Å²) in [4.78, 5) is 18.9. The number of hydrogen-bond donors (Lipinski definition) is 0. The molecule has 712 valence electrons. The molecule has 0 radical (unpaired) electrons. The number of benzene rings is 12. The molecular formula is C114H134Cl6N7O3Ru3-3. The number of para-hydroxylation sites is 1. The number of pyridine rings is 1. The SMILES string of the molecule is COc1ccc2ccccc2c1-c1cc(OC)c([CH]=[Ru]([Cl])[Cl])c2ccccc12.COc1ccccc1[CH]=[Ru]([Cl])[Cl].Cc1cc(C)c(C)c(C)c1.Cc1cc(C)c(N2[CH-]N(c3c(C)cc(C)cc3C)CC2)c(C)c1.Cc1cc(C)c(N2[CH-]N(c3c(C)cc(C)cc3C)CC2)c(C)c1.Cc1cc(C)c(N2[CH-]N(c3c(C)cc(C)cc3C)CC2)c(C)c1.Cc1cc(C)nc(CC[CH]=[Ru]([Cl])[Cl])c1. The molecule has 1 aromatic heterocycles. The van der Waals surface area contributed by atoms with Gasteiger partial charge in [0.05, 0.1) is 0 Å². The van der Waals surface area contributed by atoms with Crippen LogP contribution < -0.4 is 43.6 Å². The number of anilines is 6. The summed E-state index contributed by atoms with van der Waals surface area (Å²) in [7, 11) is 40.4. The zero-order chi connectivity index (χ0) is 97.1. The molecule has 0 N–H and O–H groups in total. The quantitative estimate of drug-likeness (QED) is 0.0733. The molecule has 133 heavy (non-hydrogen) atoms. The normalized spacial score (nSPS) is 13.0. The molecule has 0 spiro atoms. The topological polar surface area (TPSA) is 60.0 Å². The van der Waals surface area contributed by atoms with E-state index in [0.717, 1.165) is 125 Å². The van der Waals surface area contributed by atoms with E-state index in [2.05, 4.69) is 347 Å². The Labute approximate surface area is 835 Å². The minimum absolute atomic E-state index is 0.753. The molecule has 3 aliphatic heterocycles. The Morgan fingerprint density at radius 3 is 0.947 bits per heavy atom. The summed E-state index contributed by atoms with van der Waals surface area (Å²) in [5, 5.41) is 4.46. The third-order valence-electron chi connectivity index (χ3n) is 24.1. The predicted octanol–water partition coefficient (Wildman–Crippen LogP) is 30.8. The van der Waals surface area contributed by atoms with Crippen molar-refractivity contribution < 1.29 is 54.8 Å². The fourth-order valence-electron chi connectivity index (χ4n) is 19.3. The second kappa shape index (κ2) is 49.7. The molecule has 0 atom stereocenters. The molecule has 0 saturated carbocycles. The fourth-order valence-corrected chi connectivity index (χ4v) is 24.5. The second-order valence-electron chi connectivity index (χ2n) is 35.5. The first kappa shape index (κ1) is 107. The Kier molecular flexibility index (Phi) is 39.9. The van der Waals surface area contributed by atoms with Crippen LogP contribution in [0.25, 0.3) is 32.7 Å². The Hall–Kier alpha value is -8.27. The number of ether oxygens (including phenoxy) is 3. The first-order valence-corrected chi connectivity index (χ1v) is 61.5. The van der Waals surface area contributed by atoms with E-state index in [-0.39, 0.29) is 0 Å². The fraction of sp³-hybridized carbons (Fsp3) is 0.307. The number of fused-ring (bicyclic) bond motifs is 2.